The van der Waals surface area contributed by atoms with Crippen molar-refractivity contribution >= 4 is 21.6 Å². The maximum Gasteiger partial charge on any atom is 0.258 e. The summed E-state index contributed by atoms with van der Waals surface area (Å²) in [5, 5.41) is 2.57. The van der Waals surface area contributed by atoms with Gasteiger partial charge in [0.25, 0.3) is 5.91 Å². The molecule has 0 aromatic heterocycles. The number of benzene rings is 2. The van der Waals surface area contributed by atoms with Gasteiger partial charge in [0, 0.05) is 6.04 Å². The van der Waals surface area contributed by atoms with E-state index in [4.69, 9.17) is 4.74 Å². The summed E-state index contributed by atoms with van der Waals surface area (Å²) in [7, 11) is -2.42. The van der Waals surface area contributed by atoms with Gasteiger partial charge in [-0.1, -0.05) is 31.9 Å². The Hall–Kier alpha value is -2.45. The molecule has 8 heteroatoms. The van der Waals surface area contributed by atoms with Crippen LogP contribution in [0.5, 0.6) is 5.75 Å². The van der Waals surface area contributed by atoms with Crippen LogP contribution in [0.25, 0.3) is 0 Å². The van der Waals surface area contributed by atoms with Gasteiger partial charge in [-0.05, 0) is 49.1 Å². The first-order chi connectivity index (χ1) is 13.8. The molecule has 29 heavy (non-hydrogen) atoms. The molecule has 0 unspecified atom stereocenters. The van der Waals surface area contributed by atoms with E-state index >= 15 is 0 Å². The van der Waals surface area contributed by atoms with Crippen molar-refractivity contribution in [3.05, 3.63) is 53.8 Å². The summed E-state index contributed by atoms with van der Waals surface area (Å²) >= 11 is 0. The highest BCUT2D eigenvalue weighted by atomic mass is 32.2. The van der Waals surface area contributed by atoms with Crippen molar-refractivity contribution in [2.75, 3.05) is 12.4 Å². The third-order valence-electron chi connectivity index (χ3n) is 5.27. The Balaban J connectivity index is 1.84. The molecule has 0 heterocycles. The Kier molecular flexibility index (Phi) is 6.54. The van der Waals surface area contributed by atoms with E-state index in [0.29, 0.717) is 11.4 Å². The van der Waals surface area contributed by atoms with Crippen LogP contribution in [0.4, 0.5) is 10.1 Å². The molecule has 1 saturated carbocycles. The van der Waals surface area contributed by atoms with E-state index in [1.54, 1.807) is 24.3 Å². The van der Waals surface area contributed by atoms with Crippen molar-refractivity contribution < 1.29 is 22.3 Å². The third kappa shape index (κ3) is 4.94. The highest BCUT2D eigenvalue weighted by molar-refractivity contribution is 7.89. The van der Waals surface area contributed by atoms with Crippen LogP contribution in [0.15, 0.2) is 47.4 Å². The van der Waals surface area contributed by atoms with Crippen LogP contribution in [0, 0.1) is 11.7 Å². The number of methoxy groups -OCH3 is 1. The van der Waals surface area contributed by atoms with Crippen LogP contribution >= 0.6 is 0 Å². The van der Waals surface area contributed by atoms with Gasteiger partial charge in [-0.25, -0.2) is 17.5 Å². The molecule has 2 aromatic rings. The molecule has 1 amide bonds. The van der Waals surface area contributed by atoms with Gasteiger partial charge in [-0.15, -0.1) is 0 Å². The first-order valence-electron chi connectivity index (χ1n) is 9.58. The van der Waals surface area contributed by atoms with Gasteiger partial charge >= 0.3 is 0 Å². The number of sulfonamides is 1. The fourth-order valence-corrected chi connectivity index (χ4v) is 4.95. The number of hydrogen-bond donors (Lipinski definition) is 2. The Labute approximate surface area is 170 Å². The Morgan fingerprint density at radius 3 is 2.59 bits per heavy atom. The van der Waals surface area contributed by atoms with Gasteiger partial charge in [0.2, 0.25) is 10.0 Å². The van der Waals surface area contributed by atoms with Crippen molar-refractivity contribution in [2.24, 2.45) is 5.92 Å². The minimum Gasteiger partial charge on any atom is -0.495 e. The molecule has 1 aliphatic rings. The fraction of sp³-hybridized carbons (Fsp3) is 0.381. The Morgan fingerprint density at radius 2 is 1.86 bits per heavy atom. The van der Waals surface area contributed by atoms with Gasteiger partial charge in [-0.2, -0.15) is 0 Å². The number of ether oxygens (including phenoxy) is 1. The average molecular weight is 421 g/mol. The lowest BCUT2D eigenvalue weighted by atomic mass is 9.87. The summed E-state index contributed by atoms with van der Waals surface area (Å²) in [6, 6.07) is 9.77. The van der Waals surface area contributed by atoms with Crippen LogP contribution in [-0.4, -0.2) is 27.5 Å². The molecule has 6 nitrogen and oxygen atoms in total. The zero-order valence-electron chi connectivity index (χ0n) is 16.4. The molecule has 0 spiro atoms. The molecule has 156 valence electrons. The number of hydrogen-bond acceptors (Lipinski definition) is 4. The van der Waals surface area contributed by atoms with Crippen LogP contribution < -0.4 is 14.8 Å². The second kappa shape index (κ2) is 8.92. The lowest BCUT2D eigenvalue weighted by molar-refractivity contribution is 0.102. The van der Waals surface area contributed by atoms with Crippen LogP contribution in [-0.2, 0) is 10.0 Å². The lowest BCUT2D eigenvalue weighted by Gasteiger charge is -2.29. The van der Waals surface area contributed by atoms with Crippen molar-refractivity contribution in [1.29, 1.82) is 0 Å². The molecule has 1 fully saturated rings. The Bertz CT molecular complexity index is 994. The predicted molar refractivity (Wildman–Crippen MR) is 109 cm³/mol. The quantitative estimate of drug-likeness (QED) is 0.741. The minimum absolute atomic E-state index is 0.137. The fourth-order valence-electron chi connectivity index (χ4n) is 3.54. The third-order valence-corrected chi connectivity index (χ3v) is 6.75. The second-order valence-corrected chi connectivity index (χ2v) is 9.00. The van der Waals surface area contributed by atoms with Gasteiger partial charge in [0.15, 0.2) is 0 Å². The summed E-state index contributed by atoms with van der Waals surface area (Å²) in [5.41, 5.74) is 0.0114. The first kappa shape index (κ1) is 21.3. The average Bonchev–Trinajstić information content (AvgIpc) is 2.70. The Morgan fingerprint density at radius 1 is 1.14 bits per heavy atom. The van der Waals surface area contributed by atoms with E-state index in [1.807, 2.05) is 6.92 Å². The van der Waals surface area contributed by atoms with Crippen molar-refractivity contribution in [3.63, 3.8) is 0 Å². The van der Waals surface area contributed by atoms with Crippen LogP contribution in [0.2, 0.25) is 0 Å². The van der Waals surface area contributed by atoms with Crippen molar-refractivity contribution in [1.82, 2.24) is 4.72 Å². The minimum atomic E-state index is -3.87. The summed E-state index contributed by atoms with van der Waals surface area (Å²) in [6.07, 6.45) is 3.78. The molecule has 2 atom stereocenters. The number of carbonyl (C=O) groups excluding carboxylic acids is 1. The van der Waals surface area contributed by atoms with Crippen molar-refractivity contribution in [2.45, 2.75) is 43.5 Å². The standard InChI is InChI=1S/C21H25FN2O4S/c1-14-7-3-4-8-18(14)24-29(26,27)15-11-12-17(22)16(13-15)21(25)23-19-9-5-6-10-20(19)28-2/h5-6,9-14,18,24H,3-4,7-8H2,1-2H3,(H,23,25)/t14-,18+/m0/s1. The van der Waals surface area contributed by atoms with E-state index in [1.165, 1.54) is 13.2 Å². The summed E-state index contributed by atoms with van der Waals surface area (Å²) in [4.78, 5) is 12.5. The number of nitrogens with one attached hydrogen (secondary N) is 2. The van der Waals surface area contributed by atoms with E-state index in [-0.39, 0.29) is 22.4 Å². The van der Waals surface area contributed by atoms with E-state index < -0.39 is 21.7 Å². The molecule has 2 N–H and O–H groups in total. The van der Waals surface area contributed by atoms with Gasteiger partial charge in [0.1, 0.15) is 11.6 Å². The number of halogens is 1. The molecular formula is C21H25FN2O4S. The molecule has 3 rings (SSSR count). The number of carbonyl (C=O) groups is 1. The van der Waals surface area contributed by atoms with Crippen molar-refractivity contribution in [3.8, 4) is 5.75 Å². The number of para-hydroxylation sites is 2. The largest absolute Gasteiger partial charge is 0.495 e. The highest BCUT2D eigenvalue weighted by Gasteiger charge is 2.28. The molecule has 1 aliphatic carbocycles. The van der Waals surface area contributed by atoms with Gasteiger partial charge in [-0.3, -0.25) is 4.79 Å². The zero-order chi connectivity index (χ0) is 21.0. The molecule has 0 aliphatic heterocycles. The number of anilines is 1. The molecule has 0 bridgehead atoms. The SMILES string of the molecule is COc1ccccc1NC(=O)c1cc(S(=O)(=O)N[C@@H]2CCCC[C@@H]2C)ccc1F. The van der Waals surface area contributed by atoms with Gasteiger partial charge < -0.3 is 10.1 Å². The highest BCUT2D eigenvalue weighted by Crippen LogP contribution is 2.27. The second-order valence-electron chi connectivity index (χ2n) is 7.29. The molecular weight excluding hydrogens is 395 g/mol. The maximum absolute atomic E-state index is 14.3. The van der Waals surface area contributed by atoms with Crippen LogP contribution in [0.1, 0.15) is 43.0 Å². The number of rotatable bonds is 6. The van der Waals surface area contributed by atoms with E-state index in [9.17, 15) is 17.6 Å². The molecule has 0 saturated heterocycles. The smallest absolute Gasteiger partial charge is 0.258 e. The van der Waals surface area contributed by atoms with E-state index in [2.05, 4.69) is 10.0 Å². The normalized spacial score (nSPS) is 19.6. The number of amides is 1. The molecule has 2 aromatic carbocycles. The first-order valence-corrected chi connectivity index (χ1v) is 11.1. The topological polar surface area (TPSA) is 84.5 Å². The lowest BCUT2D eigenvalue weighted by Crippen LogP contribution is -2.41. The van der Waals surface area contributed by atoms with E-state index in [0.717, 1.165) is 37.8 Å². The summed E-state index contributed by atoms with van der Waals surface area (Å²) in [6.45, 7) is 2.02. The maximum atomic E-state index is 14.3. The monoisotopic (exact) mass is 420 g/mol. The van der Waals surface area contributed by atoms with Gasteiger partial charge in [0.05, 0.1) is 23.3 Å². The van der Waals surface area contributed by atoms with Crippen LogP contribution in [0.3, 0.4) is 0 Å². The molecule has 0 radical (unpaired) electrons. The summed E-state index contributed by atoms with van der Waals surface area (Å²) in [5.74, 6) is -0.914. The zero-order valence-corrected chi connectivity index (χ0v) is 17.3. The summed E-state index contributed by atoms with van der Waals surface area (Å²) < 4.78 is 47.8. The predicted octanol–water partition coefficient (Wildman–Crippen LogP) is 3.94.